The van der Waals surface area contributed by atoms with Crippen LogP contribution in [0.4, 0.5) is 4.39 Å². The van der Waals surface area contributed by atoms with Gasteiger partial charge < -0.3 is 4.57 Å². The lowest BCUT2D eigenvalue weighted by Gasteiger charge is -2.17. The van der Waals surface area contributed by atoms with Gasteiger partial charge in [0.1, 0.15) is 11.6 Å². The standard InChI is InChI=1S/C25H23FN4S2/c1-31-25-27-14-13-21(28-25)24-23(18-7-9-19(26)10-8-18)29-22-12-11-20(30(22)24)16-32-15-17-5-3-2-4-6-17/h2-10,13-14,20H,11-12,15-16H2,1H3. The maximum Gasteiger partial charge on any atom is 0.187 e. The van der Waals surface area contributed by atoms with Gasteiger partial charge in [-0.3, -0.25) is 0 Å². The third kappa shape index (κ3) is 4.32. The summed E-state index contributed by atoms with van der Waals surface area (Å²) in [6, 6.07) is 19.5. The summed E-state index contributed by atoms with van der Waals surface area (Å²) in [6.45, 7) is 0. The summed E-state index contributed by atoms with van der Waals surface area (Å²) in [7, 11) is 0. The highest BCUT2D eigenvalue weighted by Gasteiger charge is 2.30. The van der Waals surface area contributed by atoms with Gasteiger partial charge in [0.25, 0.3) is 0 Å². The molecule has 1 aliphatic rings. The van der Waals surface area contributed by atoms with Crippen molar-refractivity contribution in [2.75, 3.05) is 12.0 Å². The Hall–Kier alpha value is -2.64. The van der Waals surface area contributed by atoms with E-state index < -0.39 is 0 Å². The van der Waals surface area contributed by atoms with Gasteiger partial charge in [-0.2, -0.15) is 11.8 Å². The second kappa shape index (κ2) is 9.46. The Labute approximate surface area is 195 Å². The van der Waals surface area contributed by atoms with Gasteiger partial charge in [0.15, 0.2) is 5.16 Å². The Morgan fingerprint density at radius 3 is 2.62 bits per heavy atom. The number of aryl methyl sites for hydroxylation is 1. The van der Waals surface area contributed by atoms with Crippen molar-refractivity contribution >= 4 is 23.5 Å². The molecule has 0 radical (unpaired) electrons. The molecule has 0 amide bonds. The normalized spacial score (nSPS) is 15.1. The lowest BCUT2D eigenvalue weighted by atomic mass is 10.1. The summed E-state index contributed by atoms with van der Waals surface area (Å²) in [6.07, 6.45) is 5.78. The number of fused-ring (bicyclic) bond motifs is 1. The lowest BCUT2D eigenvalue weighted by Crippen LogP contribution is -2.09. The maximum atomic E-state index is 13.6. The van der Waals surface area contributed by atoms with Gasteiger partial charge in [-0.15, -0.1) is 0 Å². The van der Waals surface area contributed by atoms with Crippen molar-refractivity contribution in [1.29, 1.82) is 0 Å². The molecule has 0 aliphatic carbocycles. The SMILES string of the molecule is CSc1nccc(-c2c(-c3ccc(F)cc3)nc3n2C(CSCc2ccccc2)CC3)n1. The fourth-order valence-electron chi connectivity index (χ4n) is 4.14. The molecule has 2 aromatic carbocycles. The molecule has 1 aliphatic heterocycles. The van der Waals surface area contributed by atoms with E-state index in [9.17, 15) is 4.39 Å². The van der Waals surface area contributed by atoms with Crippen LogP contribution in [0.25, 0.3) is 22.6 Å². The number of hydrogen-bond donors (Lipinski definition) is 0. The largest absolute Gasteiger partial charge is 0.322 e. The minimum absolute atomic E-state index is 0.246. The molecule has 32 heavy (non-hydrogen) atoms. The molecule has 1 unspecified atom stereocenters. The summed E-state index contributed by atoms with van der Waals surface area (Å²) in [5.41, 5.74) is 4.98. The van der Waals surface area contributed by atoms with E-state index in [1.54, 1.807) is 18.3 Å². The van der Waals surface area contributed by atoms with Gasteiger partial charge >= 0.3 is 0 Å². The molecule has 0 spiro atoms. The average Bonchev–Trinajstić information content (AvgIpc) is 3.40. The summed E-state index contributed by atoms with van der Waals surface area (Å²) < 4.78 is 15.9. The third-order valence-electron chi connectivity index (χ3n) is 5.65. The van der Waals surface area contributed by atoms with Crippen LogP contribution in [-0.2, 0) is 12.2 Å². The third-order valence-corrected chi connectivity index (χ3v) is 7.37. The first-order valence-electron chi connectivity index (χ1n) is 10.6. The van der Waals surface area contributed by atoms with Crippen LogP contribution in [0.15, 0.2) is 72.0 Å². The smallest absolute Gasteiger partial charge is 0.187 e. The second-order valence-electron chi connectivity index (χ2n) is 7.72. The van der Waals surface area contributed by atoms with Gasteiger partial charge in [-0.05, 0) is 48.6 Å². The summed E-state index contributed by atoms with van der Waals surface area (Å²) in [5, 5.41) is 0.733. The molecule has 162 valence electrons. The Morgan fingerprint density at radius 2 is 1.84 bits per heavy atom. The topological polar surface area (TPSA) is 43.6 Å². The van der Waals surface area contributed by atoms with Crippen molar-refractivity contribution < 1.29 is 4.39 Å². The van der Waals surface area contributed by atoms with Gasteiger partial charge in [0.05, 0.1) is 17.1 Å². The minimum atomic E-state index is -0.246. The van der Waals surface area contributed by atoms with Crippen molar-refractivity contribution in [2.45, 2.75) is 29.8 Å². The summed E-state index contributed by atoms with van der Waals surface area (Å²) in [4.78, 5) is 14.1. The number of hydrogen-bond acceptors (Lipinski definition) is 5. The molecular weight excluding hydrogens is 439 g/mol. The van der Waals surface area contributed by atoms with Crippen LogP contribution in [0.1, 0.15) is 23.9 Å². The summed E-state index contributed by atoms with van der Waals surface area (Å²) >= 11 is 3.47. The van der Waals surface area contributed by atoms with Crippen LogP contribution < -0.4 is 0 Å². The Morgan fingerprint density at radius 1 is 1.03 bits per heavy atom. The highest BCUT2D eigenvalue weighted by atomic mass is 32.2. The number of halogens is 1. The molecule has 0 bridgehead atoms. The zero-order valence-corrected chi connectivity index (χ0v) is 19.4. The van der Waals surface area contributed by atoms with E-state index in [-0.39, 0.29) is 5.82 Å². The molecule has 0 fully saturated rings. The molecule has 0 N–H and O–H groups in total. The van der Waals surface area contributed by atoms with Gasteiger partial charge in [0.2, 0.25) is 0 Å². The number of benzene rings is 2. The van der Waals surface area contributed by atoms with E-state index in [0.717, 1.165) is 58.0 Å². The lowest BCUT2D eigenvalue weighted by molar-refractivity contribution is 0.594. The van der Waals surface area contributed by atoms with Crippen molar-refractivity contribution in [2.24, 2.45) is 0 Å². The zero-order chi connectivity index (χ0) is 21.9. The number of rotatable bonds is 7. The molecule has 5 rings (SSSR count). The minimum Gasteiger partial charge on any atom is -0.322 e. The number of aromatic nitrogens is 4. The fourth-order valence-corrected chi connectivity index (χ4v) is 5.63. The number of nitrogens with zero attached hydrogens (tertiary/aromatic N) is 4. The molecule has 2 aromatic heterocycles. The number of imidazole rings is 1. The van der Waals surface area contributed by atoms with Crippen LogP contribution in [0, 0.1) is 5.82 Å². The van der Waals surface area contributed by atoms with E-state index >= 15 is 0 Å². The first kappa shape index (κ1) is 21.2. The molecule has 4 nitrogen and oxygen atoms in total. The monoisotopic (exact) mass is 462 g/mol. The highest BCUT2D eigenvalue weighted by Crippen LogP contribution is 2.40. The Balaban J connectivity index is 1.51. The average molecular weight is 463 g/mol. The van der Waals surface area contributed by atoms with Gasteiger partial charge in [0, 0.05) is 35.7 Å². The van der Waals surface area contributed by atoms with Crippen LogP contribution in [0.5, 0.6) is 0 Å². The Bertz CT molecular complexity index is 1210. The van der Waals surface area contributed by atoms with Crippen molar-refractivity contribution in [1.82, 2.24) is 19.5 Å². The van der Waals surface area contributed by atoms with Crippen molar-refractivity contribution in [3.8, 4) is 22.6 Å². The Kier molecular flexibility index (Phi) is 6.28. The fraction of sp³-hybridized carbons (Fsp3) is 0.240. The van der Waals surface area contributed by atoms with E-state index in [4.69, 9.17) is 9.97 Å². The van der Waals surface area contributed by atoms with E-state index in [1.165, 1.54) is 29.5 Å². The molecule has 3 heterocycles. The molecule has 4 aromatic rings. The van der Waals surface area contributed by atoms with Crippen LogP contribution in [-0.4, -0.2) is 31.5 Å². The number of thioether (sulfide) groups is 2. The predicted molar refractivity (Wildman–Crippen MR) is 130 cm³/mol. The quantitative estimate of drug-likeness (QED) is 0.239. The molecule has 0 saturated carbocycles. The van der Waals surface area contributed by atoms with E-state index in [2.05, 4.69) is 39.9 Å². The predicted octanol–water partition coefficient (Wildman–Crippen LogP) is 6.29. The highest BCUT2D eigenvalue weighted by molar-refractivity contribution is 7.98. The zero-order valence-electron chi connectivity index (χ0n) is 17.7. The van der Waals surface area contributed by atoms with E-state index in [1.807, 2.05) is 24.1 Å². The molecule has 7 heteroatoms. The second-order valence-corrected chi connectivity index (χ2v) is 9.53. The van der Waals surface area contributed by atoms with Crippen LogP contribution >= 0.6 is 23.5 Å². The molecule has 1 atom stereocenters. The van der Waals surface area contributed by atoms with Gasteiger partial charge in [-0.25, -0.2) is 19.3 Å². The van der Waals surface area contributed by atoms with E-state index in [0.29, 0.717) is 6.04 Å². The maximum absolute atomic E-state index is 13.6. The summed E-state index contributed by atoms with van der Waals surface area (Å²) in [5.74, 6) is 2.83. The first-order chi connectivity index (χ1) is 15.7. The molecular formula is C25H23FN4S2. The van der Waals surface area contributed by atoms with Crippen molar-refractivity contribution in [3.63, 3.8) is 0 Å². The van der Waals surface area contributed by atoms with Crippen LogP contribution in [0.2, 0.25) is 0 Å². The van der Waals surface area contributed by atoms with Crippen molar-refractivity contribution in [3.05, 3.63) is 84.1 Å². The van der Waals surface area contributed by atoms with Gasteiger partial charge in [-0.1, -0.05) is 42.1 Å². The molecule has 0 saturated heterocycles. The van der Waals surface area contributed by atoms with Crippen LogP contribution in [0.3, 0.4) is 0 Å². The first-order valence-corrected chi connectivity index (χ1v) is 13.0.